The van der Waals surface area contributed by atoms with Crippen LogP contribution in [-0.4, -0.2) is 55.0 Å². The lowest BCUT2D eigenvalue weighted by Crippen LogP contribution is -2.58. The molecule has 0 bridgehead atoms. The lowest BCUT2D eigenvalue weighted by Gasteiger charge is -2.34. The third-order valence-electron chi connectivity index (χ3n) is 4.02. The maximum Gasteiger partial charge on any atom is 0.308 e. The first-order valence-electron chi connectivity index (χ1n) is 8.73. The molecule has 2 rings (SSSR count). The van der Waals surface area contributed by atoms with Gasteiger partial charge in [-0.3, -0.25) is 14.4 Å². The van der Waals surface area contributed by atoms with Gasteiger partial charge in [0, 0.05) is 17.6 Å². The van der Waals surface area contributed by atoms with Crippen molar-refractivity contribution >= 4 is 49.6 Å². The topological polar surface area (TPSA) is 84.9 Å². The predicted octanol–water partition coefficient (Wildman–Crippen LogP) is 2.65. The van der Waals surface area contributed by atoms with Crippen molar-refractivity contribution in [2.75, 3.05) is 26.3 Å². The van der Waals surface area contributed by atoms with Crippen LogP contribution in [0.3, 0.4) is 0 Å². The molecule has 27 heavy (non-hydrogen) atoms. The van der Waals surface area contributed by atoms with Crippen molar-refractivity contribution in [1.82, 2.24) is 10.2 Å². The Balaban J connectivity index is 1.96. The van der Waals surface area contributed by atoms with Gasteiger partial charge in [0.25, 0.3) is 5.91 Å². The van der Waals surface area contributed by atoms with E-state index in [1.807, 2.05) is 13.0 Å². The van der Waals surface area contributed by atoms with Crippen LogP contribution in [0.4, 0.5) is 0 Å². The van der Waals surface area contributed by atoms with Gasteiger partial charge >= 0.3 is 5.97 Å². The van der Waals surface area contributed by atoms with Crippen molar-refractivity contribution in [3.63, 3.8) is 0 Å². The lowest BCUT2D eigenvalue weighted by molar-refractivity contribution is -0.152. The quantitative estimate of drug-likeness (QED) is 0.433. The van der Waals surface area contributed by atoms with E-state index in [1.165, 1.54) is 4.90 Å². The highest BCUT2D eigenvalue weighted by molar-refractivity contribution is 9.11. The Bertz CT molecular complexity index is 698. The summed E-state index contributed by atoms with van der Waals surface area (Å²) in [4.78, 5) is 38.1. The molecule has 1 heterocycles. The highest BCUT2D eigenvalue weighted by Gasteiger charge is 2.35. The highest BCUT2D eigenvalue weighted by Crippen LogP contribution is 2.28. The van der Waals surface area contributed by atoms with E-state index in [0.29, 0.717) is 29.9 Å². The van der Waals surface area contributed by atoms with Crippen molar-refractivity contribution in [1.29, 1.82) is 0 Å². The van der Waals surface area contributed by atoms with Crippen molar-refractivity contribution < 1.29 is 23.9 Å². The number of carbonyl (C=O) groups is 3. The second kappa shape index (κ2) is 10.7. The Morgan fingerprint density at radius 1 is 1.33 bits per heavy atom. The van der Waals surface area contributed by atoms with Crippen LogP contribution in [-0.2, 0) is 19.1 Å². The molecule has 9 heteroatoms. The monoisotopic (exact) mass is 504 g/mol. The molecule has 1 aliphatic heterocycles. The molecule has 0 spiro atoms. The molecular weight excluding hydrogens is 484 g/mol. The smallest absolute Gasteiger partial charge is 0.308 e. The summed E-state index contributed by atoms with van der Waals surface area (Å²) in [6.45, 7) is 2.75. The maximum absolute atomic E-state index is 12.6. The van der Waals surface area contributed by atoms with E-state index >= 15 is 0 Å². The molecule has 1 aromatic rings. The molecule has 1 aromatic carbocycles. The molecule has 0 aromatic heterocycles. The maximum atomic E-state index is 12.6. The van der Waals surface area contributed by atoms with Crippen LogP contribution in [0.15, 0.2) is 27.1 Å². The summed E-state index contributed by atoms with van der Waals surface area (Å²) in [7, 11) is 0. The zero-order chi connectivity index (χ0) is 19.8. The Morgan fingerprint density at radius 2 is 2.11 bits per heavy atom. The molecule has 7 nitrogen and oxygen atoms in total. The molecule has 1 aliphatic rings. The molecule has 2 amide bonds. The minimum Gasteiger partial charge on any atom is -0.483 e. The molecule has 0 saturated carbocycles. The Kier molecular flexibility index (Phi) is 8.56. The molecule has 1 N–H and O–H groups in total. The fourth-order valence-corrected chi connectivity index (χ4v) is 3.74. The standard InChI is InChI=1S/C18H22Br2N2O5/c1-2-3-8-26-17(24)10-14-18(25)21-6-7-22(14)16(23)11-27-15-5-4-12(19)9-13(15)20/h4-5,9,14H,2-3,6-8,10-11H2,1H3,(H,21,25). The van der Waals surface area contributed by atoms with E-state index in [0.717, 1.165) is 17.3 Å². The number of benzene rings is 1. The van der Waals surface area contributed by atoms with E-state index in [2.05, 4.69) is 37.2 Å². The van der Waals surface area contributed by atoms with E-state index in [4.69, 9.17) is 9.47 Å². The largest absolute Gasteiger partial charge is 0.483 e. The number of hydrogen-bond acceptors (Lipinski definition) is 5. The van der Waals surface area contributed by atoms with Crippen LogP contribution in [0.2, 0.25) is 0 Å². The summed E-state index contributed by atoms with van der Waals surface area (Å²) in [6.07, 6.45) is 1.51. The summed E-state index contributed by atoms with van der Waals surface area (Å²) < 4.78 is 12.3. The van der Waals surface area contributed by atoms with Gasteiger partial charge in [-0.1, -0.05) is 29.3 Å². The average Bonchev–Trinajstić information content (AvgIpc) is 2.62. The Labute approximate surface area is 175 Å². The first-order chi connectivity index (χ1) is 12.9. The normalized spacial score (nSPS) is 16.6. The number of rotatable bonds is 8. The number of carbonyl (C=O) groups excluding carboxylic acids is 3. The third kappa shape index (κ3) is 6.49. The third-order valence-corrected chi connectivity index (χ3v) is 5.13. The number of amides is 2. The molecule has 1 atom stereocenters. The summed E-state index contributed by atoms with van der Waals surface area (Å²) >= 11 is 6.72. The summed E-state index contributed by atoms with van der Waals surface area (Å²) in [5, 5.41) is 2.68. The number of ether oxygens (including phenoxy) is 2. The average molecular weight is 506 g/mol. The van der Waals surface area contributed by atoms with Crippen molar-refractivity contribution in [3.8, 4) is 5.75 Å². The first-order valence-corrected chi connectivity index (χ1v) is 10.3. The van der Waals surface area contributed by atoms with E-state index in [-0.39, 0.29) is 24.8 Å². The number of piperazine rings is 1. The van der Waals surface area contributed by atoms with Gasteiger partial charge in [-0.05, 0) is 40.5 Å². The number of halogens is 2. The van der Waals surface area contributed by atoms with Crippen LogP contribution in [0.5, 0.6) is 5.75 Å². The van der Waals surface area contributed by atoms with Gasteiger partial charge in [-0.15, -0.1) is 0 Å². The second-order valence-electron chi connectivity index (χ2n) is 6.04. The molecule has 0 radical (unpaired) electrons. The summed E-state index contributed by atoms with van der Waals surface area (Å²) in [5.74, 6) is -0.679. The van der Waals surface area contributed by atoms with Crippen LogP contribution in [0.1, 0.15) is 26.2 Å². The fourth-order valence-electron chi connectivity index (χ4n) is 2.58. The number of esters is 1. The molecule has 148 valence electrons. The number of nitrogens with zero attached hydrogens (tertiary/aromatic N) is 1. The van der Waals surface area contributed by atoms with Crippen LogP contribution < -0.4 is 10.1 Å². The summed E-state index contributed by atoms with van der Waals surface area (Å²) in [5.41, 5.74) is 0. The molecular formula is C18H22Br2N2O5. The number of nitrogens with one attached hydrogen (secondary N) is 1. The van der Waals surface area contributed by atoms with Crippen molar-refractivity contribution in [2.24, 2.45) is 0 Å². The van der Waals surface area contributed by atoms with E-state index in [9.17, 15) is 14.4 Å². The van der Waals surface area contributed by atoms with Gasteiger partial charge in [0.1, 0.15) is 11.8 Å². The number of hydrogen-bond donors (Lipinski definition) is 1. The first kappa shape index (κ1) is 21.7. The van der Waals surface area contributed by atoms with Gasteiger partial charge < -0.3 is 19.7 Å². The highest BCUT2D eigenvalue weighted by atomic mass is 79.9. The lowest BCUT2D eigenvalue weighted by atomic mass is 10.1. The predicted molar refractivity (Wildman–Crippen MR) is 106 cm³/mol. The Morgan fingerprint density at radius 3 is 2.81 bits per heavy atom. The zero-order valence-electron chi connectivity index (χ0n) is 15.0. The molecule has 1 saturated heterocycles. The van der Waals surface area contributed by atoms with Gasteiger partial charge in [-0.25, -0.2) is 0 Å². The van der Waals surface area contributed by atoms with Gasteiger partial charge in [0.15, 0.2) is 6.61 Å². The van der Waals surface area contributed by atoms with Gasteiger partial charge in [-0.2, -0.15) is 0 Å². The minimum absolute atomic E-state index is 0.163. The van der Waals surface area contributed by atoms with Gasteiger partial charge in [0.05, 0.1) is 17.5 Å². The number of unbranched alkanes of at least 4 members (excludes halogenated alkanes) is 1. The molecule has 1 fully saturated rings. The zero-order valence-corrected chi connectivity index (χ0v) is 18.2. The minimum atomic E-state index is -0.877. The van der Waals surface area contributed by atoms with Gasteiger partial charge in [0.2, 0.25) is 5.91 Å². The second-order valence-corrected chi connectivity index (χ2v) is 7.81. The van der Waals surface area contributed by atoms with Crippen LogP contribution in [0, 0.1) is 0 Å². The Hall–Kier alpha value is -1.61. The SMILES string of the molecule is CCCCOC(=O)CC1C(=O)NCCN1C(=O)COc1ccc(Br)cc1Br. The van der Waals surface area contributed by atoms with Crippen LogP contribution >= 0.6 is 31.9 Å². The molecule has 1 unspecified atom stereocenters. The van der Waals surface area contributed by atoms with E-state index in [1.54, 1.807) is 12.1 Å². The van der Waals surface area contributed by atoms with Crippen molar-refractivity contribution in [2.45, 2.75) is 32.2 Å². The fraction of sp³-hybridized carbons (Fsp3) is 0.500. The molecule has 0 aliphatic carbocycles. The van der Waals surface area contributed by atoms with Crippen molar-refractivity contribution in [3.05, 3.63) is 27.1 Å². The summed E-state index contributed by atoms with van der Waals surface area (Å²) in [6, 6.07) is 4.46. The van der Waals surface area contributed by atoms with E-state index < -0.39 is 12.0 Å². The van der Waals surface area contributed by atoms with Crippen LogP contribution in [0.25, 0.3) is 0 Å².